The van der Waals surface area contributed by atoms with Gasteiger partial charge in [-0.15, -0.1) is 11.3 Å². The Labute approximate surface area is 109 Å². The van der Waals surface area contributed by atoms with Gasteiger partial charge in [0.05, 0.1) is 11.8 Å². The number of aryl methyl sites for hydroxylation is 1. The fourth-order valence-corrected chi connectivity index (χ4v) is 2.18. The van der Waals surface area contributed by atoms with Crippen molar-refractivity contribution in [2.24, 2.45) is 5.10 Å². The first-order valence-corrected chi connectivity index (χ1v) is 6.22. The van der Waals surface area contributed by atoms with Gasteiger partial charge in [-0.2, -0.15) is 5.10 Å². The van der Waals surface area contributed by atoms with E-state index in [1.165, 1.54) is 12.1 Å². The minimum Gasteiger partial charge on any atom is -0.507 e. The van der Waals surface area contributed by atoms with E-state index < -0.39 is 5.91 Å². The largest absolute Gasteiger partial charge is 0.507 e. The van der Waals surface area contributed by atoms with Crippen molar-refractivity contribution < 1.29 is 9.90 Å². The predicted octanol–water partition coefficient (Wildman–Crippen LogP) is 2.53. The van der Waals surface area contributed by atoms with E-state index in [-0.39, 0.29) is 11.3 Å². The lowest BCUT2D eigenvalue weighted by Crippen LogP contribution is -2.17. The molecule has 1 heterocycles. The summed E-state index contributed by atoms with van der Waals surface area (Å²) in [5.74, 6) is -0.490. The quantitative estimate of drug-likeness (QED) is 0.658. The number of benzene rings is 1. The zero-order chi connectivity index (χ0) is 13.0. The molecule has 0 unspecified atom stereocenters. The van der Waals surface area contributed by atoms with E-state index in [1.807, 2.05) is 18.4 Å². The van der Waals surface area contributed by atoms with Crippen molar-refractivity contribution in [2.75, 3.05) is 0 Å². The van der Waals surface area contributed by atoms with Crippen LogP contribution in [0.5, 0.6) is 5.75 Å². The first kappa shape index (κ1) is 12.3. The van der Waals surface area contributed by atoms with Crippen molar-refractivity contribution >= 4 is 23.5 Å². The number of phenolic OH excluding ortho intramolecular Hbond substituents is 1. The highest BCUT2D eigenvalue weighted by Gasteiger charge is 2.08. The van der Waals surface area contributed by atoms with Gasteiger partial charge < -0.3 is 5.11 Å². The Bertz CT molecular complexity index is 590. The molecule has 0 fully saturated rings. The number of rotatable bonds is 3. The number of hydrogen-bond acceptors (Lipinski definition) is 4. The number of phenols is 1. The van der Waals surface area contributed by atoms with Crippen LogP contribution in [-0.2, 0) is 0 Å². The van der Waals surface area contributed by atoms with E-state index in [9.17, 15) is 9.90 Å². The smallest absolute Gasteiger partial charge is 0.275 e. The number of para-hydroxylation sites is 1. The molecule has 5 heteroatoms. The molecule has 18 heavy (non-hydrogen) atoms. The fourth-order valence-electron chi connectivity index (χ4n) is 1.39. The maximum atomic E-state index is 11.7. The van der Waals surface area contributed by atoms with Crippen molar-refractivity contribution in [3.8, 4) is 5.75 Å². The molecule has 2 N–H and O–H groups in total. The molecule has 0 aliphatic carbocycles. The Morgan fingerprint density at radius 3 is 2.83 bits per heavy atom. The standard InChI is InChI=1S/C13H12N2O2S/c1-9-6-7-18-12(9)8-14-15-13(17)10-4-2-3-5-11(10)16/h2-8,16H,1H3,(H,15,17)/b14-8+. The van der Waals surface area contributed by atoms with Crippen LogP contribution in [0.3, 0.4) is 0 Å². The summed E-state index contributed by atoms with van der Waals surface area (Å²) in [6.45, 7) is 1.97. The van der Waals surface area contributed by atoms with Crippen LogP contribution in [0.4, 0.5) is 0 Å². The third kappa shape index (κ3) is 2.75. The Balaban J connectivity index is 2.03. The van der Waals surface area contributed by atoms with Crippen LogP contribution < -0.4 is 5.43 Å². The lowest BCUT2D eigenvalue weighted by molar-refractivity contribution is 0.0952. The molecule has 92 valence electrons. The maximum Gasteiger partial charge on any atom is 0.275 e. The van der Waals surface area contributed by atoms with Crippen molar-refractivity contribution in [2.45, 2.75) is 6.92 Å². The molecule has 0 atom stereocenters. The van der Waals surface area contributed by atoms with E-state index in [2.05, 4.69) is 10.5 Å². The van der Waals surface area contributed by atoms with Crippen LogP contribution in [0, 0.1) is 6.92 Å². The van der Waals surface area contributed by atoms with Gasteiger partial charge in [0.2, 0.25) is 0 Å². The Morgan fingerprint density at radius 1 is 1.39 bits per heavy atom. The molecule has 0 saturated heterocycles. The van der Waals surface area contributed by atoms with Gasteiger partial charge in [-0.25, -0.2) is 5.43 Å². The van der Waals surface area contributed by atoms with E-state index in [4.69, 9.17) is 0 Å². The minimum absolute atomic E-state index is 0.0579. The highest BCUT2D eigenvalue weighted by molar-refractivity contribution is 7.11. The molecule has 0 radical (unpaired) electrons. The first-order chi connectivity index (χ1) is 8.68. The van der Waals surface area contributed by atoms with Gasteiger partial charge >= 0.3 is 0 Å². The lowest BCUT2D eigenvalue weighted by atomic mass is 10.2. The van der Waals surface area contributed by atoms with Gasteiger partial charge in [-0.1, -0.05) is 12.1 Å². The van der Waals surface area contributed by atoms with Crippen molar-refractivity contribution in [1.82, 2.24) is 5.43 Å². The number of nitrogens with zero attached hydrogens (tertiary/aromatic N) is 1. The molecule has 0 bridgehead atoms. The number of carbonyl (C=O) groups excluding carboxylic acids is 1. The Morgan fingerprint density at radius 2 is 2.17 bits per heavy atom. The number of amides is 1. The van der Waals surface area contributed by atoms with E-state index in [1.54, 1.807) is 29.7 Å². The monoisotopic (exact) mass is 260 g/mol. The van der Waals surface area contributed by atoms with Gasteiger partial charge in [0.1, 0.15) is 5.75 Å². The number of hydrogen-bond donors (Lipinski definition) is 2. The van der Waals surface area contributed by atoms with E-state index in [0.29, 0.717) is 0 Å². The zero-order valence-corrected chi connectivity index (χ0v) is 10.6. The number of carbonyl (C=O) groups is 1. The summed E-state index contributed by atoms with van der Waals surface area (Å²) >= 11 is 1.55. The molecule has 0 aliphatic heterocycles. The maximum absolute atomic E-state index is 11.7. The average Bonchev–Trinajstić information content (AvgIpc) is 2.75. The summed E-state index contributed by atoms with van der Waals surface area (Å²) in [6, 6.07) is 8.32. The molecular weight excluding hydrogens is 248 g/mol. The second-order valence-corrected chi connectivity index (χ2v) is 4.63. The van der Waals surface area contributed by atoms with Crippen LogP contribution >= 0.6 is 11.3 Å². The van der Waals surface area contributed by atoms with Crippen LogP contribution in [-0.4, -0.2) is 17.2 Å². The number of thiophene rings is 1. The summed E-state index contributed by atoms with van der Waals surface area (Å²) in [5.41, 5.74) is 3.70. The normalized spacial score (nSPS) is 10.7. The zero-order valence-electron chi connectivity index (χ0n) is 9.75. The predicted molar refractivity (Wildman–Crippen MR) is 72.2 cm³/mol. The third-order valence-electron chi connectivity index (χ3n) is 2.40. The highest BCUT2D eigenvalue weighted by Crippen LogP contribution is 2.15. The summed E-state index contributed by atoms with van der Waals surface area (Å²) < 4.78 is 0. The van der Waals surface area contributed by atoms with Crippen molar-refractivity contribution in [1.29, 1.82) is 0 Å². The second-order valence-electron chi connectivity index (χ2n) is 3.68. The van der Waals surface area contributed by atoms with Gasteiger partial charge in [-0.05, 0) is 36.1 Å². The van der Waals surface area contributed by atoms with Gasteiger partial charge in [0.25, 0.3) is 5.91 Å². The van der Waals surface area contributed by atoms with Gasteiger partial charge in [-0.3, -0.25) is 4.79 Å². The molecule has 2 aromatic rings. The summed E-state index contributed by atoms with van der Waals surface area (Å²) in [6.07, 6.45) is 1.60. The van der Waals surface area contributed by atoms with Crippen LogP contribution in [0.25, 0.3) is 0 Å². The summed E-state index contributed by atoms with van der Waals surface area (Å²) in [5, 5.41) is 15.3. The van der Waals surface area contributed by atoms with Crippen LogP contribution in [0.2, 0.25) is 0 Å². The molecular formula is C13H12N2O2S. The number of hydrazone groups is 1. The number of aromatic hydroxyl groups is 1. The molecule has 1 amide bonds. The molecule has 1 aromatic heterocycles. The SMILES string of the molecule is Cc1ccsc1/C=N/NC(=O)c1ccccc1O. The fraction of sp³-hybridized carbons (Fsp3) is 0.0769. The van der Waals surface area contributed by atoms with Crippen molar-refractivity contribution in [3.05, 3.63) is 51.7 Å². The van der Waals surface area contributed by atoms with Gasteiger partial charge in [0.15, 0.2) is 0 Å². The topological polar surface area (TPSA) is 61.7 Å². The summed E-state index contributed by atoms with van der Waals surface area (Å²) in [7, 11) is 0. The van der Waals surface area contributed by atoms with Crippen molar-refractivity contribution in [3.63, 3.8) is 0 Å². The van der Waals surface area contributed by atoms with Crippen LogP contribution in [0.15, 0.2) is 40.8 Å². The molecule has 0 saturated carbocycles. The first-order valence-electron chi connectivity index (χ1n) is 5.34. The van der Waals surface area contributed by atoms with Crippen LogP contribution in [0.1, 0.15) is 20.8 Å². The van der Waals surface area contributed by atoms with Gasteiger partial charge in [0, 0.05) is 4.88 Å². The minimum atomic E-state index is -0.432. The molecule has 2 rings (SSSR count). The lowest BCUT2D eigenvalue weighted by Gasteiger charge is -2.01. The molecule has 0 aliphatic rings. The second kappa shape index (κ2) is 5.46. The third-order valence-corrected chi connectivity index (χ3v) is 3.35. The molecule has 0 spiro atoms. The summed E-state index contributed by atoms with van der Waals surface area (Å²) in [4.78, 5) is 12.7. The number of nitrogens with one attached hydrogen (secondary N) is 1. The van der Waals surface area contributed by atoms with E-state index in [0.717, 1.165) is 10.4 Å². The Hall–Kier alpha value is -2.14. The van der Waals surface area contributed by atoms with E-state index >= 15 is 0 Å². The average molecular weight is 260 g/mol. The highest BCUT2D eigenvalue weighted by atomic mass is 32.1. The molecule has 1 aromatic carbocycles. The molecule has 4 nitrogen and oxygen atoms in total. The Kier molecular flexibility index (Phi) is 3.74.